The Bertz CT molecular complexity index is 710. The smallest absolute Gasteiger partial charge is 0.271 e. The first-order valence-corrected chi connectivity index (χ1v) is 5.61. The lowest BCUT2D eigenvalue weighted by Crippen LogP contribution is -2.26. The van der Waals surface area contributed by atoms with Crippen molar-refractivity contribution in [1.82, 2.24) is 9.55 Å². The average Bonchev–Trinajstić information content (AvgIpc) is 2.41. The van der Waals surface area contributed by atoms with Crippen molar-refractivity contribution in [2.75, 3.05) is 5.32 Å². The summed E-state index contributed by atoms with van der Waals surface area (Å²) in [4.78, 5) is 36.9. The highest BCUT2D eigenvalue weighted by molar-refractivity contribution is 5.90. The summed E-state index contributed by atoms with van der Waals surface area (Å²) in [5.41, 5.74) is -0.184. The van der Waals surface area contributed by atoms with Gasteiger partial charge in [0.25, 0.3) is 11.2 Å². The predicted octanol–water partition coefficient (Wildman–Crippen LogP) is 0.790. The number of benzene rings is 1. The number of aromatic nitrogens is 2. The summed E-state index contributed by atoms with van der Waals surface area (Å²) in [6.07, 6.45) is 2.58. The molecule has 0 unspecified atom stereocenters. The number of nitrogens with zero attached hydrogens (tertiary/aromatic N) is 3. The van der Waals surface area contributed by atoms with Gasteiger partial charge in [0.15, 0.2) is 0 Å². The maximum atomic E-state index is 11.7. The molecule has 0 atom stereocenters. The van der Waals surface area contributed by atoms with Crippen LogP contribution in [0.3, 0.4) is 0 Å². The van der Waals surface area contributed by atoms with Crippen LogP contribution in [0, 0.1) is 10.1 Å². The molecular weight excluding hydrogens is 264 g/mol. The van der Waals surface area contributed by atoms with Crippen molar-refractivity contribution in [3.8, 4) is 0 Å². The third-order valence-corrected chi connectivity index (χ3v) is 2.45. The van der Waals surface area contributed by atoms with E-state index in [9.17, 15) is 19.7 Å². The highest BCUT2D eigenvalue weighted by Gasteiger charge is 2.09. The lowest BCUT2D eigenvalue weighted by molar-refractivity contribution is -0.384. The molecule has 0 bridgehead atoms. The summed E-state index contributed by atoms with van der Waals surface area (Å²) in [7, 11) is 0. The van der Waals surface area contributed by atoms with E-state index in [1.165, 1.54) is 42.9 Å². The number of carbonyl (C=O) groups is 1. The van der Waals surface area contributed by atoms with Crippen molar-refractivity contribution >= 4 is 17.3 Å². The summed E-state index contributed by atoms with van der Waals surface area (Å²) < 4.78 is 1.13. The van der Waals surface area contributed by atoms with Gasteiger partial charge in [0, 0.05) is 30.1 Å². The Morgan fingerprint density at radius 3 is 2.90 bits per heavy atom. The Hall–Kier alpha value is -3.03. The number of anilines is 1. The van der Waals surface area contributed by atoms with Crippen LogP contribution in [-0.2, 0) is 11.3 Å². The number of nitro benzene ring substituents is 1. The van der Waals surface area contributed by atoms with Gasteiger partial charge in [0.1, 0.15) is 6.54 Å². The Morgan fingerprint density at radius 2 is 2.20 bits per heavy atom. The van der Waals surface area contributed by atoms with Crippen LogP contribution >= 0.6 is 0 Å². The lowest BCUT2D eigenvalue weighted by Gasteiger charge is -2.06. The van der Waals surface area contributed by atoms with Gasteiger partial charge in [0.2, 0.25) is 5.91 Å². The minimum Gasteiger partial charge on any atom is -0.324 e. The van der Waals surface area contributed by atoms with E-state index < -0.39 is 10.8 Å². The minimum absolute atomic E-state index is 0.124. The fourth-order valence-corrected chi connectivity index (χ4v) is 1.55. The molecule has 1 amide bonds. The highest BCUT2D eigenvalue weighted by atomic mass is 16.6. The van der Waals surface area contributed by atoms with Crippen LogP contribution in [0.25, 0.3) is 0 Å². The molecule has 8 heteroatoms. The Labute approximate surface area is 112 Å². The van der Waals surface area contributed by atoms with Gasteiger partial charge in [-0.1, -0.05) is 6.07 Å². The fourth-order valence-electron chi connectivity index (χ4n) is 1.55. The van der Waals surface area contributed by atoms with Gasteiger partial charge in [0.05, 0.1) is 11.3 Å². The van der Waals surface area contributed by atoms with Gasteiger partial charge < -0.3 is 5.32 Å². The summed E-state index contributed by atoms with van der Waals surface area (Å²) in [6, 6.07) is 6.78. The van der Waals surface area contributed by atoms with Crippen molar-refractivity contribution in [2.45, 2.75) is 6.54 Å². The van der Waals surface area contributed by atoms with Crippen LogP contribution in [0.4, 0.5) is 11.4 Å². The monoisotopic (exact) mass is 274 g/mol. The number of hydrogen-bond donors (Lipinski definition) is 1. The first-order valence-electron chi connectivity index (χ1n) is 5.61. The minimum atomic E-state index is -0.554. The SMILES string of the molecule is O=C(Cn1cnccc1=O)Nc1cccc([N+](=O)[O-])c1. The van der Waals surface area contributed by atoms with Crippen LogP contribution in [0.1, 0.15) is 0 Å². The van der Waals surface area contributed by atoms with Crippen LogP contribution in [-0.4, -0.2) is 20.4 Å². The quantitative estimate of drug-likeness (QED) is 0.655. The molecule has 20 heavy (non-hydrogen) atoms. The Balaban J connectivity index is 2.09. The molecule has 2 aromatic rings. The molecule has 0 aliphatic heterocycles. The molecular formula is C12H10N4O4. The van der Waals surface area contributed by atoms with Crippen LogP contribution in [0.15, 0.2) is 47.7 Å². The van der Waals surface area contributed by atoms with E-state index in [4.69, 9.17) is 0 Å². The van der Waals surface area contributed by atoms with E-state index in [2.05, 4.69) is 10.3 Å². The van der Waals surface area contributed by atoms with Gasteiger partial charge in [-0.15, -0.1) is 0 Å². The van der Waals surface area contributed by atoms with Gasteiger partial charge in [-0.05, 0) is 6.07 Å². The van der Waals surface area contributed by atoms with Gasteiger partial charge in [-0.2, -0.15) is 0 Å². The van der Waals surface area contributed by atoms with Crippen molar-refractivity contribution in [2.24, 2.45) is 0 Å². The third-order valence-electron chi connectivity index (χ3n) is 2.45. The molecule has 0 saturated carbocycles. The van der Waals surface area contributed by atoms with Gasteiger partial charge in [-0.3, -0.25) is 24.3 Å². The molecule has 1 heterocycles. The normalized spacial score (nSPS) is 10.0. The molecule has 102 valence electrons. The molecule has 0 aliphatic rings. The van der Waals surface area contributed by atoms with Crippen LogP contribution in [0.2, 0.25) is 0 Å². The van der Waals surface area contributed by atoms with Crippen LogP contribution < -0.4 is 10.9 Å². The van der Waals surface area contributed by atoms with Gasteiger partial charge in [-0.25, -0.2) is 4.98 Å². The zero-order valence-corrected chi connectivity index (χ0v) is 10.2. The standard InChI is InChI=1S/C12H10N4O4/c17-11(7-15-8-13-5-4-12(15)18)14-9-2-1-3-10(6-9)16(19)20/h1-6,8H,7H2,(H,14,17). The largest absolute Gasteiger partial charge is 0.324 e. The second-order valence-corrected chi connectivity index (χ2v) is 3.90. The van der Waals surface area contributed by atoms with Crippen molar-refractivity contribution in [3.63, 3.8) is 0 Å². The number of rotatable bonds is 4. The summed E-state index contributed by atoms with van der Waals surface area (Å²) in [5.74, 6) is -0.472. The van der Waals surface area contributed by atoms with Crippen molar-refractivity contribution in [1.29, 1.82) is 0 Å². The second kappa shape index (κ2) is 5.74. The van der Waals surface area contributed by atoms with E-state index in [1.54, 1.807) is 0 Å². The van der Waals surface area contributed by atoms with E-state index in [0.717, 1.165) is 4.57 Å². The molecule has 2 rings (SSSR count). The summed E-state index contributed by atoms with van der Waals surface area (Å²) in [6.45, 7) is -0.213. The lowest BCUT2D eigenvalue weighted by atomic mass is 10.3. The number of non-ortho nitro benzene ring substituents is 1. The topological polar surface area (TPSA) is 107 Å². The number of nitro groups is 1. The molecule has 0 fully saturated rings. The van der Waals surface area contributed by atoms with E-state index in [0.29, 0.717) is 5.69 Å². The molecule has 1 aromatic heterocycles. The zero-order chi connectivity index (χ0) is 14.5. The molecule has 0 aliphatic carbocycles. The van der Waals surface area contributed by atoms with E-state index >= 15 is 0 Å². The van der Waals surface area contributed by atoms with Crippen molar-refractivity contribution in [3.05, 3.63) is 63.3 Å². The maximum Gasteiger partial charge on any atom is 0.271 e. The highest BCUT2D eigenvalue weighted by Crippen LogP contribution is 2.16. The molecule has 1 N–H and O–H groups in total. The number of amides is 1. The van der Waals surface area contributed by atoms with Gasteiger partial charge >= 0.3 is 0 Å². The molecule has 0 spiro atoms. The summed E-state index contributed by atoms with van der Waals surface area (Å²) >= 11 is 0. The third kappa shape index (κ3) is 3.25. The number of carbonyl (C=O) groups excluding carboxylic acids is 1. The molecule has 0 saturated heterocycles. The van der Waals surface area contributed by atoms with E-state index in [1.807, 2.05) is 0 Å². The fraction of sp³-hybridized carbons (Fsp3) is 0.0833. The number of nitrogens with one attached hydrogen (secondary N) is 1. The number of hydrogen-bond acceptors (Lipinski definition) is 5. The maximum absolute atomic E-state index is 11.7. The second-order valence-electron chi connectivity index (χ2n) is 3.90. The molecule has 0 radical (unpaired) electrons. The zero-order valence-electron chi connectivity index (χ0n) is 10.2. The van der Waals surface area contributed by atoms with Crippen molar-refractivity contribution < 1.29 is 9.72 Å². The Kier molecular flexibility index (Phi) is 3.85. The predicted molar refractivity (Wildman–Crippen MR) is 70.2 cm³/mol. The first-order chi connectivity index (χ1) is 9.56. The Morgan fingerprint density at radius 1 is 1.40 bits per heavy atom. The van der Waals surface area contributed by atoms with E-state index in [-0.39, 0.29) is 17.8 Å². The summed E-state index contributed by atoms with van der Waals surface area (Å²) in [5, 5.41) is 13.1. The molecule has 8 nitrogen and oxygen atoms in total. The average molecular weight is 274 g/mol. The molecule has 1 aromatic carbocycles. The van der Waals surface area contributed by atoms with Crippen LogP contribution in [0.5, 0.6) is 0 Å². The first kappa shape index (κ1) is 13.4.